The van der Waals surface area contributed by atoms with Crippen LogP contribution in [-0.2, 0) is 10.0 Å². The van der Waals surface area contributed by atoms with E-state index in [2.05, 4.69) is 10.0 Å². The second-order valence-corrected chi connectivity index (χ2v) is 9.31. The quantitative estimate of drug-likeness (QED) is 0.759. The van der Waals surface area contributed by atoms with Crippen molar-refractivity contribution in [3.8, 4) is 0 Å². The van der Waals surface area contributed by atoms with Crippen molar-refractivity contribution in [2.45, 2.75) is 32.6 Å². The average molecular weight is 430 g/mol. The average Bonchev–Trinajstić information content (AvgIpc) is 2.98. The molecule has 160 valence electrons. The molecule has 0 aromatic heterocycles. The summed E-state index contributed by atoms with van der Waals surface area (Å²) in [7, 11) is -3.47. The zero-order valence-corrected chi connectivity index (χ0v) is 18.1. The molecule has 1 aliphatic heterocycles. The predicted octanol–water partition coefficient (Wildman–Crippen LogP) is 3.64. The second kappa shape index (κ2) is 9.30. The minimum Gasteiger partial charge on any atom is -0.339 e. The lowest BCUT2D eigenvalue weighted by Crippen LogP contribution is -2.32. The maximum Gasteiger partial charge on any atom is 0.256 e. The van der Waals surface area contributed by atoms with Gasteiger partial charge in [-0.25, -0.2) is 8.42 Å². The standard InChI is InChI=1S/C22H27N3O4S/c1-16-17(11-9-13-19(16)24-30(2,28)29)21(26)23-20-12-6-5-10-18(20)22(27)25-14-7-3-4-8-15-25/h5-6,9-13,24H,3-4,7-8,14-15H2,1-2H3,(H,23,26). The highest BCUT2D eigenvalue weighted by molar-refractivity contribution is 7.92. The van der Waals surface area contributed by atoms with Crippen LogP contribution in [0.3, 0.4) is 0 Å². The lowest BCUT2D eigenvalue weighted by Gasteiger charge is -2.22. The first-order chi connectivity index (χ1) is 14.3. The molecule has 0 radical (unpaired) electrons. The van der Waals surface area contributed by atoms with Crippen molar-refractivity contribution in [2.24, 2.45) is 0 Å². The molecule has 0 spiro atoms. The maximum atomic E-state index is 13.1. The number of para-hydroxylation sites is 1. The van der Waals surface area contributed by atoms with E-state index in [1.807, 2.05) is 4.90 Å². The molecule has 2 aromatic carbocycles. The number of benzene rings is 2. The van der Waals surface area contributed by atoms with Crippen LogP contribution in [0.25, 0.3) is 0 Å². The summed E-state index contributed by atoms with van der Waals surface area (Å²) >= 11 is 0. The molecule has 30 heavy (non-hydrogen) atoms. The number of hydrogen-bond acceptors (Lipinski definition) is 4. The number of hydrogen-bond donors (Lipinski definition) is 2. The molecule has 0 unspecified atom stereocenters. The van der Waals surface area contributed by atoms with E-state index in [-0.39, 0.29) is 5.91 Å². The molecule has 1 fully saturated rings. The minimum atomic E-state index is -3.47. The van der Waals surface area contributed by atoms with Crippen molar-refractivity contribution >= 4 is 33.2 Å². The fourth-order valence-electron chi connectivity index (χ4n) is 3.60. The van der Waals surface area contributed by atoms with Gasteiger partial charge in [-0.2, -0.15) is 0 Å². The highest BCUT2D eigenvalue weighted by Gasteiger charge is 2.21. The van der Waals surface area contributed by atoms with Gasteiger partial charge in [0.2, 0.25) is 10.0 Å². The minimum absolute atomic E-state index is 0.0861. The highest BCUT2D eigenvalue weighted by Crippen LogP contribution is 2.24. The first kappa shape index (κ1) is 21.8. The largest absolute Gasteiger partial charge is 0.339 e. The number of likely N-dealkylation sites (tertiary alicyclic amines) is 1. The molecular weight excluding hydrogens is 402 g/mol. The Morgan fingerprint density at radius 3 is 2.13 bits per heavy atom. The molecule has 2 aromatic rings. The van der Waals surface area contributed by atoms with Crippen LogP contribution < -0.4 is 10.0 Å². The van der Waals surface area contributed by atoms with Crippen LogP contribution in [0.5, 0.6) is 0 Å². The summed E-state index contributed by atoms with van der Waals surface area (Å²) in [5.41, 5.74) is 2.09. The lowest BCUT2D eigenvalue weighted by molar-refractivity contribution is 0.0762. The van der Waals surface area contributed by atoms with E-state index in [0.29, 0.717) is 28.1 Å². The molecule has 2 amide bonds. The summed E-state index contributed by atoms with van der Waals surface area (Å²) in [5.74, 6) is -0.488. The molecule has 0 atom stereocenters. The van der Waals surface area contributed by atoms with Gasteiger partial charge < -0.3 is 10.2 Å². The van der Waals surface area contributed by atoms with E-state index in [4.69, 9.17) is 0 Å². The Bertz CT molecular complexity index is 1040. The third kappa shape index (κ3) is 5.38. The summed E-state index contributed by atoms with van der Waals surface area (Å²) in [6, 6.07) is 11.8. The molecule has 8 heteroatoms. The molecule has 1 aliphatic rings. The molecule has 7 nitrogen and oxygen atoms in total. The van der Waals surface area contributed by atoms with E-state index in [1.54, 1.807) is 49.4 Å². The van der Waals surface area contributed by atoms with E-state index >= 15 is 0 Å². The number of rotatable bonds is 5. The highest BCUT2D eigenvalue weighted by atomic mass is 32.2. The molecular formula is C22H27N3O4S. The van der Waals surface area contributed by atoms with E-state index in [0.717, 1.165) is 45.0 Å². The Morgan fingerprint density at radius 1 is 0.867 bits per heavy atom. The van der Waals surface area contributed by atoms with Crippen molar-refractivity contribution in [3.63, 3.8) is 0 Å². The summed E-state index contributed by atoms with van der Waals surface area (Å²) in [5, 5.41) is 2.83. The Labute approximate surface area is 177 Å². The molecule has 1 heterocycles. The van der Waals surface area contributed by atoms with Gasteiger partial charge in [-0.15, -0.1) is 0 Å². The zero-order chi connectivity index (χ0) is 21.7. The van der Waals surface area contributed by atoms with Crippen molar-refractivity contribution in [1.29, 1.82) is 0 Å². The molecule has 0 bridgehead atoms. The summed E-state index contributed by atoms with van der Waals surface area (Å²) in [6.45, 7) is 3.12. The molecule has 2 N–H and O–H groups in total. The van der Waals surface area contributed by atoms with E-state index in [9.17, 15) is 18.0 Å². The van der Waals surface area contributed by atoms with Crippen LogP contribution in [0.4, 0.5) is 11.4 Å². The van der Waals surface area contributed by atoms with Gasteiger partial charge in [0.1, 0.15) is 0 Å². The normalized spacial score (nSPS) is 14.7. The maximum absolute atomic E-state index is 13.1. The second-order valence-electron chi connectivity index (χ2n) is 7.56. The Kier molecular flexibility index (Phi) is 6.77. The van der Waals surface area contributed by atoms with Gasteiger partial charge in [0.15, 0.2) is 0 Å². The van der Waals surface area contributed by atoms with Crippen LogP contribution in [0.2, 0.25) is 0 Å². The van der Waals surface area contributed by atoms with Crippen molar-refractivity contribution in [1.82, 2.24) is 4.90 Å². The summed E-state index contributed by atoms with van der Waals surface area (Å²) < 4.78 is 25.5. The third-order valence-corrected chi connectivity index (χ3v) is 5.76. The summed E-state index contributed by atoms with van der Waals surface area (Å²) in [6.07, 6.45) is 5.28. The fourth-order valence-corrected chi connectivity index (χ4v) is 4.22. The van der Waals surface area contributed by atoms with Crippen molar-refractivity contribution in [2.75, 3.05) is 29.4 Å². The van der Waals surface area contributed by atoms with Crippen LogP contribution in [-0.4, -0.2) is 44.5 Å². The van der Waals surface area contributed by atoms with Gasteiger partial charge in [-0.05, 0) is 49.6 Å². The van der Waals surface area contributed by atoms with Gasteiger partial charge in [-0.1, -0.05) is 31.0 Å². The van der Waals surface area contributed by atoms with Gasteiger partial charge in [0, 0.05) is 18.7 Å². The van der Waals surface area contributed by atoms with Gasteiger partial charge in [0.25, 0.3) is 11.8 Å². The van der Waals surface area contributed by atoms with Gasteiger partial charge >= 0.3 is 0 Å². The number of sulfonamides is 1. The van der Waals surface area contributed by atoms with Crippen LogP contribution >= 0.6 is 0 Å². The number of carbonyl (C=O) groups is 2. The molecule has 3 rings (SSSR count). The van der Waals surface area contributed by atoms with Crippen LogP contribution in [0, 0.1) is 6.92 Å². The number of anilines is 2. The lowest BCUT2D eigenvalue weighted by atomic mass is 10.1. The molecule has 1 saturated heterocycles. The predicted molar refractivity (Wildman–Crippen MR) is 118 cm³/mol. The van der Waals surface area contributed by atoms with E-state index in [1.165, 1.54) is 0 Å². The Morgan fingerprint density at radius 2 is 1.47 bits per heavy atom. The number of nitrogens with one attached hydrogen (secondary N) is 2. The number of nitrogens with zero attached hydrogens (tertiary/aromatic N) is 1. The topological polar surface area (TPSA) is 95.6 Å². The van der Waals surface area contributed by atoms with E-state index < -0.39 is 15.9 Å². The van der Waals surface area contributed by atoms with Gasteiger partial charge in [0.05, 0.1) is 23.2 Å². The van der Waals surface area contributed by atoms with Crippen molar-refractivity contribution in [3.05, 3.63) is 59.2 Å². The molecule has 0 saturated carbocycles. The summed E-state index contributed by atoms with van der Waals surface area (Å²) in [4.78, 5) is 27.9. The Balaban J connectivity index is 1.84. The fraction of sp³-hybridized carbons (Fsp3) is 0.364. The first-order valence-corrected chi connectivity index (χ1v) is 11.9. The number of carbonyl (C=O) groups excluding carboxylic acids is 2. The first-order valence-electron chi connectivity index (χ1n) is 10.0. The smallest absolute Gasteiger partial charge is 0.256 e. The van der Waals surface area contributed by atoms with Crippen LogP contribution in [0.1, 0.15) is 52.0 Å². The SMILES string of the molecule is Cc1c(NS(C)(=O)=O)cccc1C(=O)Nc1ccccc1C(=O)N1CCCCCC1. The van der Waals surface area contributed by atoms with Crippen LogP contribution in [0.15, 0.2) is 42.5 Å². The molecule has 0 aliphatic carbocycles. The Hall–Kier alpha value is -2.87. The van der Waals surface area contributed by atoms with Crippen molar-refractivity contribution < 1.29 is 18.0 Å². The zero-order valence-electron chi connectivity index (χ0n) is 17.3. The third-order valence-electron chi connectivity index (χ3n) is 5.17. The van der Waals surface area contributed by atoms with Gasteiger partial charge in [-0.3, -0.25) is 14.3 Å². The number of amides is 2. The monoisotopic (exact) mass is 429 g/mol.